The molecule has 0 aromatic heterocycles. The van der Waals surface area contributed by atoms with Crippen LogP contribution >= 0.6 is 11.6 Å². The zero-order chi connectivity index (χ0) is 12.5. The van der Waals surface area contributed by atoms with Crippen molar-refractivity contribution in [1.82, 2.24) is 0 Å². The smallest absolute Gasteiger partial charge is 0.339 e. The van der Waals surface area contributed by atoms with Gasteiger partial charge >= 0.3 is 11.9 Å². The minimum absolute atomic E-state index is 0.0573. The summed E-state index contributed by atoms with van der Waals surface area (Å²) in [6.07, 6.45) is 0. The van der Waals surface area contributed by atoms with E-state index >= 15 is 0 Å². The highest BCUT2D eigenvalue weighted by molar-refractivity contribution is 6.32. The minimum Gasteiger partial charge on any atom is -0.478 e. The first-order chi connectivity index (χ1) is 7.34. The fourth-order valence-corrected chi connectivity index (χ4v) is 1.64. The van der Waals surface area contributed by atoms with E-state index < -0.39 is 11.9 Å². The van der Waals surface area contributed by atoms with Crippen molar-refractivity contribution < 1.29 is 19.4 Å². The number of hydrogen-bond donors (Lipinski definition) is 1. The molecule has 5 heteroatoms. The number of aryl methyl sites for hydroxylation is 1. The Morgan fingerprint density at radius 2 is 1.94 bits per heavy atom. The minimum atomic E-state index is -1.17. The molecule has 0 radical (unpaired) electrons. The SMILES string of the molecule is CC(=O)Oc1c(C)cc(Cl)c(C)c1C(=O)O. The van der Waals surface area contributed by atoms with Crippen molar-refractivity contribution >= 4 is 23.5 Å². The second kappa shape index (κ2) is 4.53. The van der Waals surface area contributed by atoms with E-state index in [0.717, 1.165) is 0 Å². The van der Waals surface area contributed by atoms with Crippen LogP contribution in [0.25, 0.3) is 0 Å². The third-order valence-electron chi connectivity index (χ3n) is 2.12. The Morgan fingerprint density at radius 3 is 2.38 bits per heavy atom. The van der Waals surface area contributed by atoms with Crippen LogP contribution in [-0.2, 0) is 4.79 Å². The van der Waals surface area contributed by atoms with Gasteiger partial charge in [0.15, 0.2) is 0 Å². The van der Waals surface area contributed by atoms with E-state index in [-0.39, 0.29) is 11.3 Å². The molecule has 0 aliphatic heterocycles. The van der Waals surface area contributed by atoms with E-state index in [4.69, 9.17) is 21.4 Å². The van der Waals surface area contributed by atoms with E-state index in [2.05, 4.69) is 0 Å². The summed E-state index contributed by atoms with van der Waals surface area (Å²) < 4.78 is 4.89. The summed E-state index contributed by atoms with van der Waals surface area (Å²) in [6.45, 7) is 4.42. The van der Waals surface area contributed by atoms with Crippen molar-refractivity contribution in [3.63, 3.8) is 0 Å². The molecule has 1 aromatic carbocycles. The maximum Gasteiger partial charge on any atom is 0.339 e. The summed E-state index contributed by atoms with van der Waals surface area (Å²) in [5, 5.41) is 9.40. The van der Waals surface area contributed by atoms with Gasteiger partial charge < -0.3 is 9.84 Å². The Morgan fingerprint density at radius 1 is 1.38 bits per heavy atom. The number of carboxylic acids is 1. The third kappa shape index (κ3) is 2.33. The second-order valence-corrected chi connectivity index (χ2v) is 3.81. The number of esters is 1. The summed E-state index contributed by atoms with van der Waals surface area (Å²) in [7, 11) is 0. The predicted molar refractivity (Wildman–Crippen MR) is 59.2 cm³/mol. The molecule has 0 saturated carbocycles. The van der Waals surface area contributed by atoms with E-state index in [1.54, 1.807) is 19.9 Å². The average Bonchev–Trinajstić information content (AvgIpc) is 2.13. The molecule has 1 N–H and O–H groups in total. The molecular weight excluding hydrogens is 232 g/mol. The number of halogens is 1. The first kappa shape index (κ1) is 12.5. The van der Waals surface area contributed by atoms with E-state index in [0.29, 0.717) is 16.1 Å². The predicted octanol–water partition coefficient (Wildman–Crippen LogP) is 2.58. The summed E-state index contributed by atoms with van der Waals surface area (Å²) in [4.78, 5) is 22.0. The van der Waals surface area contributed by atoms with Crippen molar-refractivity contribution in [2.45, 2.75) is 20.8 Å². The number of carbonyl (C=O) groups is 2. The number of carbonyl (C=O) groups excluding carboxylic acids is 1. The van der Waals surface area contributed by atoms with Gasteiger partial charge in [0, 0.05) is 11.9 Å². The van der Waals surface area contributed by atoms with Gasteiger partial charge in [0.2, 0.25) is 0 Å². The molecule has 4 nitrogen and oxygen atoms in total. The van der Waals surface area contributed by atoms with Gasteiger partial charge in [-0.1, -0.05) is 11.6 Å². The molecule has 0 aliphatic rings. The van der Waals surface area contributed by atoms with Gasteiger partial charge in [-0.05, 0) is 31.0 Å². The zero-order valence-electron chi connectivity index (χ0n) is 9.13. The van der Waals surface area contributed by atoms with Crippen LogP contribution < -0.4 is 4.74 Å². The lowest BCUT2D eigenvalue weighted by atomic mass is 10.0. The quantitative estimate of drug-likeness (QED) is 0.640. The van der Waals surface area contributed by atoms with E-state index in [9.17, 15) is 9.59 Å². The van der Waals surface area contributed by atoms with E-state index in [1.807, 2.05) is 0 Å². The van der Waals surface area contributed by atoms with Gasteiger partial charge in [0.05, 0.1) is 0 Å². The maximum absolute atomic E-state index is 11.1. The molecule has 0 unspecified atom stereocenters. The van der Waals surface area contributed by atoms with Crippen molar-refractivity contribution in [3.8, 4) is 5.75 Å². The number of rotatable bonds is 2. The lowest BCUT2D eigenvalue weighted by molar-refractivity contribution is -0.131. The topological polar surface area (TPSA) is 63.6 Å². The van der Waals surface area contributed by atoms with Crippen LogP contribution in [0.2, 0.25) is 5.02 Å². The summed E-state index contributed by atoms with van der Waals surface area (Å²) >= 11 is 5.87. The molecule has 1 aromatic rings. The Hall–Kier alpha value is -1.55. The highest BCUT2D eigenvalue weighted by atomic mass is 35.5. The molecule has 0 saturated heterocycles. The Balaban J connectivity index is 3.50. The summed E-state index contributed by atoms with van der Waals surface area (Å²) in [5.41, 5.74) is 0.833. The first-order valence-corrected chi connectivity index (χ1v) is 4.93. The first-order valence-electron chi connectivity index (χ1n) is 4.56. The molecule has 0 fully saturated rings. The number of ether oxygens (including phenoxy) is 1. The van der Waals surface area contributed by atoms with Crippen LogP contribution in [-0.4, -0.2) is 17.0 Å². The fraction of sp³-hybridized carbons (Fsp3) is 0.273. The molecule has 0 aliphatic carbocycles. The van der Waals surface area contributed by atoms with Gasteiger partial charge in [0.25, 0.3) is 0 Å². The fourth-order valence-electron chi connectivity index (χ4n) is 1.38. The zero-order valence-corrected chi connectivity index (χ0v) is 9.88. The number of benzene rings is 1. The Kier molecular flexibility index (Phi) is 3.55. The monoisotopic (exact) mass is 242 g/mol. The van der Waals surface area contributed by atoms with Crippen molar-refractivity contribution in [2.75, 3.05) is 0 Å². The van der Waals surface area contributed by atoms with Crippen molar-refractivity contribution in [3.05, 3.63) is 27.8 Å². The van der Waals surface area contributed by atoms with Crippen LogP contribution in [0.3, 0.4) is 0 Å². The largest absolute Gasteiger partial charge is 0.478 e. The standard InChI is InChI=1S/C11H11ClO4/c1-5-4-8(12)6(2)9(11(14)15)10(5)16-7(3)13/h4H,1-3H3,(H,14,15). The van der Waals surface area contributed by atoms with Gasteiger partial charge in [-0.2, -0.15) is 0 Å². The lowest BCUT2D eigenvalue weighted by Crippen LogP contribution is -2.10. The number of carboxylic acid groups (broad SMARTS) is 1. The van der Waals surface area contributed by atoms with Crippen molar-refractivity contribution in [2.24, 2.45) is 0 Å². The molecule has 0 amide bonds. The molecule has 0 heterocycles. The Labute approximate surface area is 97.8 Å². The highest BCUT2D eigenvalue weighted by Crippen LogP contribution is 2.32. The average molecular weight is 243 g/mol. The molecule has 16 heavy (non-hydrogen) atoms. The summed E-state index contributed by atoms with van der Waals surface area (Å²) in [6, 6.07) is 1.57. The van der Waals surface area contributed by atoms with Crippen LogP contribution in [0, 0.1) is 13.8 Å². The van der Waals surface area contributed by atoms with Crippen LogP contribution in [0.5, 0.6) is 5.75 Å². The third-order valence-corrected chi connectivity index (χ3v) is 2.51. The maximum atomic E-state index is 11.1. The molecule has 0 spiro atoms. The lowest BCUT2D eigenvalue weighted by Gasteiger charge is -2.12. The van der Waals surface area contributed by atoms with Gasteiger partial charge in [-0.15, -0.1) is 0 Å². The highest BCUT2D eigenvalue weighted by Gasteiger charge is 2.20. The van der Waals surface area contributed by atoms with Gasteiger partial charge in [-0.3, -0.25) is 4.79 Å². The molecular formula is C11H11ClO4. The van der Waals surface area contributed by atoms with E-state index in [1.165, 1.54) is 6.92 Å². The van der Waals surface area contributed by atoms with Gasteiger partial charge in [-0.25, -0.2) is 4.79 Å². The van der Waals surface area contributed by atoms with Crippen LogP contribution in [0.1, 0.15) is 28.4 Å². The number of aromatic carboxylic acids is 1. The van der Waals surface area contributed by atoms with Gasteiger partial charge in [0.1, 0.15) is 11.3 Å². The molecule has 0 bridgehead atoms. The number of hydrogen-bond acceptors (Lipinski definition) is 3. The van der Waals surface area contributed by atoms with Crippen molar-refractivity contribution in [1.29, 1.82) is 0 Å². The second-order valence-electron chi connectivity index (χ2n) is 3.40. The van der Waals surface area contributed by atoms with Crippen LogP contribution in [0.15, 0.2) is 6.07 Å². The Bertz CT molecular complexity index is 466. The normalized spacial score (nSPS) is 10.0. The summed E-state index contributed by atoms with van der Waals surface area (Å²) in [5.74, 6) is -1.67. The van der Waals surface area contributed by atoms with Crippen LogP contribution in [0.4, 0.5) is 0 Å². The molecule has 0 atom stereocenters. The molecule has 1 rings (SSSR count). The molecule has 86 valence electrons.